The molecule has 0 N–H and O–H groups in total. The van der Waals surface area contributed by atoms with Crippen LogP contribution in [-0.2, 0) is 11.3 Å². The maximum Gasteiger partial charge on any atom is 0.293 e. The van der Waals surface area contributed by atoms with Gasteiger partial charge in [0, 0.05) is 13.6 Å². The highest BCUT2D eigenvalue weighted by Gasteiger charge is 2.35. The molecule has 2 aromatic carbocycles. The highest BCUT2D eigenvalue weighted by Crippen LogP contribution is 2.37. The van der Waals surface area contributed by atoms with Gasteiger partial charge >= 0.3 is 0 Å². The van der Waals surface area contributed by atoms with Crippen LogP contribution in [0.15, 0.2) is 45.8 Å². The van der Waals surface area contributed by atoms with Crippen LogP contribution in [0.3, 0.4) is 0 Å². The molecule has 1 aliphatic rings. The zero-order chi connectivity index (χ0) is 19.6. The zero-order valence-electron chi connectivity index (χ0n) is 14.2. The lowest BCUT2D eigenvalue weighted by Crippen LogP contribution is -2.27. The summed E-state index contributed by atoms with van der Waals surface area (Å²) < 4.78 is 8.72. The summed E-state index contributed by atoms with van der Waals surface area (Å²) in [5.74, 6) is 0.461. The summed E-state index contributed by atoms with van der Waals surface area (Å²) in [6.45, 7) is 2.71. The van der Waals surface area contributed by atoms with Crippen LogP contribution in [0.5, 0.6) is 5.75 Å². The quantitative estimate of drug-likeness (QED) is 0.277. The smallest absolute Gasteiger partial charge is 0.293 e. The van der Waals surface area contributed by atoms with Crippen molar-refractivity contribution in [1.29, 1.82) is 0 Å². The van der Waals surface area contributed by atoms with Gasteiger partial charge in [-0.2, -0.15) is 0 Å². The van der Waals surface area contributed by atoms with E-state index in [4.69, 9.17) is 4.74 Å². The van der Waals surface area contributed by atoms with Gasteiger partial charge < -0.3 is 4.74 Å². The van der Waals surface area contributed by atoms with E-state index in [2.05, 4.69) is 61.1 Å². The summed E-state index contributed by atoms with van der Waals surface area (Å²) in [5, 5.41) is -0.257. The first-order chi connectivity index (χ1) is 12.9. The van der Waals surface area contributed by atoms with E-state index in [1.807, 2.05) is 43.3 Å². The Morgan fingerprint density at radius 1 is 1.19 bits per heavy atom. The largest absolute Gasteiger partial charge is 0.492 e. The molecule has 1 fully saturated rings. The normalized spacial score (nSPS) is 15.7. The number of imide groups is 1. The number of hydrogen-bond donors (Lipinski definition) is 0. The lowest BCUT2D eigenvalue weighted by Gasteiger charge is -2.13. The summed E-state index contributed by atoms with van der Waals surface area (Å²) in [6, 6.07) is 11.6. The van der Waals surface area contributed by atoms with Gasteiger partial charge in [0.1, 0.15) is 5.75 Å². The van der Waals surface area contributed by atoms with Crippen LogP contribution < -0.4 is 4.74 Å². The second-order valence-electron chi connectivity index (χ2n) is 5.63. The van der Waals surface area contributed by atoms with E-state index in [1.54, 1.807) is 6.08 Å². The van der Waals surface area contributed by atoms with Crippen molar-refractivity contribution < 1.29 is 14.3 Å². The van der Waals surface area contributed by atoms with Crippen molar-refractivity contribution in [3.63, 3.8) is 0 Å². The molecule has 0 unspecified atom stereocenters. The Labute approximate surface area is 197 Å². The number of carbonyl (C=O) groups is 2. The van der Waals surface area contributed by atoms with Crippen molar-refractivity contribution in [3.8, 4) is 5.75 Å². The Bertz CT molecular complexity index is 931. The van der Waals surface area contributed by atoms with Crippen molar-refractivity contribution >= 4 is 90.1 Å². The molecular weight excluding hydrogens is 656 g/mol. The molecule has 0 aromatic heterocycles. The van der Waals surface area contributed by atoms with E-state index >= 15 is 0 Å². The number of thioether (sulfide) groups is 1. The van der Waals surface area contributed by atoms with Crippen molar-refractivity contribution in [2.24, 2.45) is 0 Å². The standard InChI is InChI=1S/C19H14BrI2NO3S/c1-2-26-17-12(7-14(21)9-15(17)22)8-16-18(24)23(19(25)27-16)10-11-3-5-13(20)6-4-11/h3-9H,2,10H2,1H3/b16-8+. The Balaban J connectivity index is 1.89. The van der Waals surface area contributed by atoms with Gasteiger partial charge in [-0.25, -0.2) is 0 Å². The first kappa shape index (κ1) is 21.1. The average Bonchev–Trinajstić information content (AvgIpc) is 2.87. The van der Waals surface area contributed by atoms with E-state index in [0.717, 1.165) is 40.3 Å². The average molecular weight is 670 g/mol. The number of nitrogens with zero attached hydrogens (tertiary/aromatic N) is 1. The van der Waals surface area contributed by atoms with Crippen molar-refractivity contribution in [1.82, 2.24) is 4.90 Å². The van der Waals surface area contributed by atoms with Gasteiger partial charge in [0.25, 0.3) is 11.1 Å². The SMILES string of the molecule is CCOc1c(I)cc(I)cc1/C=C1/SC(=O)N(Cc2ccc(Br)cc2)C1=O. The molecule has 0 saturated carbocycles. The molecule has 3 rings (SSSR count). The summed E-state index contributed by atoms with van der Waals surface area (Å²) in [7, 11) is 0. The van der Waals surface area contributed by atoms with Crippen LogP contribution in [0, 0.1) is 7.14 Å². The number of carbonyl (C=O) groups excluding carboxylic acids is 2. The van der Waals surface area contributed by atoms with E-state index < -0.39 is 0 Å². The molecule has 0 bridgehead atoms. The van der Waals surface area contributed by atoms with Crippen molar-refractivity contribution in [2.45, 2.75) is 13.5 Å². The monoisotopic (exact) mass is 669 g/mol. The van der Waals surface area contributed by atoms with Crippen LogP contribution in [0.2, 0.25) is 0 Å². The lowest BCUT2D eigenvalue weighted by molar-refractivity contribution is -0.123. The number of rotatable bonds is 5. The minimum absolute atomic E-state index is 0.257. The Hall–Kier alpha value is -0.590. The number of benzene rings is 2. The molecule has 0 spiro atoms. The third-order valence-electron chi connectivity index (χ3n) is 3.74. The van der Waals surface area contributed by atoms with E-state index in [-0.39, 0.29) is 17.7 Å². The number of amides is 2. The first-order valence-corrected chi connectivity index (χ1v) is 11.8. The van der Waals surface area contributed by atoms with Gasteiger partial charge in [-0.15, -0.1) is 0 Å². The maximum absolute atomic E-state index is 12.8. The summed E-state index contributed by atoms with van der Waals surface area (Å²) in [6.07, 6.45) is 1.75. The van der Waals surface area contributed by atoms with Crippen LogP contribution in [0.4, 0.5) is 4.79 Å². The van der Waals surface area contributed by atoms with E-state index in [1.165, 1.54) is 4.90 Å². The molecule has 8 heteroatoms. The third-order valence-corrected chi connectivity index (χ3v) is 6.60. The molecular formula is C19H14BrI2NO3S. The fourth-order valence-corrected chi connectivity index (χ4v) is 5.67. The first-order valence-electron chi connectivity index (χ1n) is 8.00. The highest BCUT2D eigenvalue weighted by molar-refractivity contribution is 14.1. The van der Waals surface area contributed by atoms with E-state index in [0.29, 0.717) is 11.5 Å². The molecule has 2 amide bonds. The molecule has 2 aromatic rings. The summed E-state index contributed by atoms with van der Waals surface area (Å²) in [4.78, 5) is 26.9. The predicted octanol–water partition coefficient (Wildman–Crippen LogP) is 6.29. The number of halogens is 3. The Morgan fingerprint density at radius 2 is 1.89 bits per heavy atom. The second-order valence-corrected chi connectivity index (χ2v) is 9.95. The van der Waals surface area contributed by atoms with Crippen LogP contribution in [0.25, 0.3) is 6.08 Å². The molecule has 1 heterocycles. The fraction of sp³-hybridized carbons (Fsp3) is 0.158. The van der Waals surface area contributed by atoms with Gasteiger partial charge in [0.05, 0.1) is 21.6 Å². The summed E-state index contributed by atoms with van der Waals surface area (Å²) >= 11 is 8.80. The van der Waals surface area contributed by atoms with Gasteiger partial charge in [-0.3, -0.25) is 14.5 Å². The molecule has 0 radical (unpaired) electrons. The van der Waals surface area contributed by atoms with Gasteiger partial charge in [0.2, 0.25) is 0 Å². The topological polar surface area (TPSA) is 46.6 Å². The number of ether oxygens (including phenoxy) is 1. The Kier molecular flexibility index (Phi) is 7.25. The molecule has 27 heavy (non-hydrogen) atoms. The molecule has 140 valence electrons. The maximum atomic E-state index is 12.8. The van der Waals surface area contributed by atoms with Crippen molar-refractivity contribution in [3.05, 3.63) is 64.0 Å². The van der Waals surface area contributed by atoms with Crippen molar-refractivity contribution in [2.75, 3.05) is 6.61 Å². The molecule has 0 atom stereocenters. The predicted molar refractivity (Wildman–Crippen MR) is 129 cm³/mol. The van der Waals surface area contributed by atoms with Gasteiger partial charge in [-0.1, -0.05) is 28.1 Å². The third kappa shape index (κ3) is 5.07. The molecule has 4 nitrogen and oxygen atoms in total. The Morgan fingerprint density at radius 3 is 2.56 bits per heavy atom. The molecule has 1 aliphatic heterocycles. The van der Waals surface area contributed by atoms with Crippen LogP contribution in [-0.4, -0.2) is 22.7 Å². The zero-order valence-corrected chi connectivity index (χ0v) is 20.9. The lowest BCUT2D eigenvalue weighted by atomic mass is 10.1. The number of hydrogen-bond acceptors (Lipinski definition) is 4. The highest BCUT2D eigenvalue weighted by atomic mass is 127. The molecule has 1 saturated heterocycles. The molecule has 0 aliphatic carbocycles. The van der Waals surface area contributed by atoms with E-state index in [9.17, 15) is 9.59 Å². The summed E-state index contributed by atoms with van der Waals surface area (Å²) in [5.41, 5.74) is 1.71. The fourth-order valence-electron chi connectivity index (χ4n) is 2.53. The second kappa shape index (κ2) is 9.27. The van der Waals surface area contributed by atoms with Gasteiger partial charge in [-0.05, 0) is 99.8 Å². The van der Waals surface area contributed by atoms with Gasteiger partial charge in [0.15, 0.2) is 0 Å². The van der Waals surface area contributed by atoms with Crippen LogP contribution in [0.1, 0.15) is 18.1 Å². The minimum atomic E-state index is -0.274. The minimum Gasteiger partial charge on any atom is -0.492 e. The van der Waals surface area contributed by atoms with Crippen LogP contribution >= 0.6 is 72.9 Å².